The largest absolute Gasteiger partial charge is 1.00 e. The van der Waals surface area contributed by atoms with Gasteiger partial charge in [-0.2, -0.15) is 0 Å². The molecule has 0 aliphatic rings. The summed E-state index contributed by atoms with van der Waals surface area (Å²) in [5.74, 6) is 8.95. The molecule has 7 aromatic carbocycles. The van der Waals surface area contributed by atoms with Gasteiger partial charge in [0, 0.05) is 88.5 Å². The quantitative estimate of drug-likeness (QED) is 0.0273. The van der Waals surface area contributed by atoms with Crippen molar-refractivity contribution < 1.29 is 146 Å². The van der Waals surface area contributed by atoms with Gasteiger partial charge in [-0.3, -0.25) is 0 Å². The maximum atomic E-state index is 6.16. The van der Waals surface area contributed by atoms with Crippen LogP contribution in [0.15, 0.2) is 243 Å². The molecule has 0 unspecified atom stereocenters. The van der Waals surface area contributed by atoms with Crippen LogP contribution in [0, 0.1) is 30.3 Å². The first kappa shape index (κ1) is 107. The van der Waals surface area contributed by atoms with Gasteiger partial charge in [-0.05, 0) is 179 Å². The number of hydrogen-bond acceptors (Lipinski definition) is 15. The molecule has 0 saturated carbocycles. The van der Waals surface area contributed by atoms with Gasteiger partial charge in [0.25, 0.3) is 0 Å². The van der Waals surface area contributed by atoms with E-state index in [0.29, 0.717) is 24.7 Å². The Balaban J connectivity index is 0.000000391. The third-order valence-electron chi connectivity index (χ3n) is 16.7. The summed E-state index contributed by atoms with van der Waals surface area (Å²) >= 11 is 0. The molecule has 0 fully saturated rings. The predicted octanol–water partition coefficient (Wildman–Crippen LogP) is 26.5. The standard InChI is InChI=1S/C27H40NO2.C23H16NO2.C19H24NO2.C17H20NO2.C15H16NO2.5Os/c1-3-5-7-9-11-15-21-29-24-18-19-25(26-17-13-14-20-28-26)27(23-24)30-22-16-12-10-8-6-4-2;1-3-9-18(10-4-1)25-20-14-15-21(22-13-7-8-16-24-22)23(17-20)26-19-11-5-2-6-12-19;1-18(2,3)21-14-10-11-15(16-9-7-8-12-20-16)17(13-14)22-19(4,5)6;1-12(2)19-14-8-9-15(16-7-5-6-10-18-16)17(11-14)20-13(3)4;1-3-17-12-8-9-13(15(11-12)18-4-2)14-7-5-6-10-16-14;;;;;/h13-14,17-18,20,23H,3-12,15-16,21-22H2,1-2H3;1-14,16-17H;7-10,12-13H,1-6H3;5-8,10-13H,1-4H3;5-8,10-11H,3-4H2,1-2H3;;;;;/q5*-1;5*+1. The molecule has 0 atom stereocenters. The van der Waals surface area contributed by atoms with Crippen molar-refractivity contribution in [2.75, 3.05) is 26.4 Å². The summed E-state index contributed by atoms with van der Waals surface area (Å²) in [6, 6.07) is 83.3. The smallest absolute Gasteiger partial charge is 0.537 e. The van der Waals surface area contributed by atoms with Crippen molar-refractivity contribution in [2.45, 2.75) is 197 Å². The van der Waals surface area contributed by atoms with Crippen LogP contribution in [0.5, 0.6) is 69.0 Å². The molecule has 20 heteroatoms. The fourth-order valence-electron chi connectivity index (χ4n) is 11.6. The van der Waals surface area contributed by atoms with E-state index in [0.717, 1.165) is 140 Å². The molecule has 0 N–H and O–H groups in total. The molecule has 5 heterocycles. The zero-order valence-corrected chi connectivity index (χ0v) is 84.9. The van der Waals surface area contributed by atoms with Gasteiger partial charge >= 0.3 is 99.0 Å². The number of pyridine rings is 5. The second kappa shape index (κ2) is 59.3. The monoisotopic (exact) mass is 2520 g/mol. The van der Waals surface area contributed by atoms with Crippen LogP contribution in [0.25, 0.3) is 56.3 Å². The molecule has 15 nitrogen and oxygen atoms in total. The number of hydrogen-bond donors (Lipinski definition) is 0. The van der Waals surface area contributed by atoms with Crippen LogP contribution in [0.4, 0.5) is 0 Å². The summed E-state index contributed by atoms with van der Waals surface area (Å²) in [5, 5.41) is 0. The SMILES string of the molecule is CC(C)(C)Oc1c[c-]c(-c2ccccn2)c(OC(C)(C)C)c1.CC(C)Oc1c[c-]c(-c2ccccn2)c(OC(C)C)c1.CCCCCCCCOc1c[c-]c(-c2ccccn2)c(OCCCCCCCC)c1.CCOc1c[c-]c(-c2ccccn2)c(OCC)c1.[Os+].[Os+].[Os+].[Os+].[Os+].[c-]1cc(Oc2ccccc2)cc(Oc2ccccc2)c1-c1ccccn1. The Hall–Kier alpha value is -8.53. The molecule has 0 amide bonds. The zero-order valence-electron chi connectivity index (χ0n) is 72.1. The molecule has 5 aromatic heterocycles. The van der Waals surface area contributed by atoms with Crippen LogP contribution < -0.4 is 47.4 Å². The van der Waals surface area contributed by atoms with E-state index in [9.17, 15) is 0 Å². The number of rotatable bonds is 35. The maximum Gasteiger partial charge on any atom is 1.00 e. The Morgan fingerprint density at radius 3 is 1.01 bits per heavy atom. The molecule has 12 rings (SSSR count). The van der Waals surface area contributed by atoms with Gasteiger partial charge in [-0.15, -0.1) is 60.7 Å². The Kier molecular flexibility index (Phi) is 52.3. The molecule has 0 spiro atoms. The summed E-state index contributed by atoms with van der Waals surface area (Å²) in [7, 11) is 0. The van der Waals surface area contributed by atoms with Gasteiger partial charge in [0.15, 0.2) is 0 Å². The van der Waals surface area contributed by atoms with Gasteiger partial charge in [-0.25, -0.2) is 0 Å². The van der Waals surface area contributed by atoms with Crippen molar-refractivity contribution >= 4 is 0 Å². The molecule has 0 aliphatic carbocycles. The molecule has 12 aromatic rings. The Morgan fingerprint density at radius 2 is 0.603 bits per heavy atom. The Labute approximate surface area is 787 Å². The van der Waals surface area contributed by atoms with E-state index in [1.165, 1.54) is 64.2 Å². The Morgan fingerprint density at radius 1 is 0.281 bits per heavy atom. The minimum atomic E-state index is -0.308. The molecular formula is C101H116N5O10Os5. The van der Waals surface area contributed by atoms with E-state index in [2.05, 4.69) is 69.1 Å². The third-order valence-corrected chi connectivity index (χ3v) is 16.7. The van der Waals surface area contributed by atoms with E-state index in [-0.39, 0.29) is 122 Å². The number of aromatic nitrogens is 5. The topological polar surface area (TPSA) is 157 Å². The first-order valence-electron chi connectivity index (χ1n) is 40.8. The van der Waals surface area contributed by atoms with Crippen LogP contribution in [0.2, 0.25) is 0 Å². The first-order chi connectivity index (χ1) is 56.3. The van der Waals surface area contributed by atoms with Gasteiger partial charge < -0.3 is 72.3 Å². The van der Waals surface area contributed by atoms with E-state index in [1.54, 1.807) is 30.9 Å². The van der Waals surface area contributed by atoms with Gasteiger partial charge in [0.2, 0.25) is 0 Å². The summed E-state index contributed by atoms with van der Waals surface area (Å²) < 4.78 is 58.8. The van der Waals surface area contributed by atoms with E-state index in [1.807, 2.05) is 296 Å². The van der Waals surface area contributed by atoms with Crippen LogP contribution in [0.1, 0.15) is 174 Å². The van der Waals surface area contributed by atoms with Gasteiger partial charge in [0.05, 0.1) is 49.8 Å². The van der Waals surface area contributed by atoms with Crippen molar-refractivity contribution in [1.29, 1.82) is 0 Å². The number of para-hydroxylation sites is 2. The molecular weight excluding hydrogens is 2390 g/mol. The van der Waals surface area contributed by atoms with Crippen LogP contribution in [-0.2, 0) is 99.0 Å². The van der Waals surface area contributed by atoms with E-state index >= 15 is 0 Å². The van der Waals surface area contributed by atoms with E-state index in [4.69, 9.17) is 47.4 Å². The number of ether oxygens (including phenoxy) is 10. The fraction of sp³-hybridized carbons (Fsp3) is 0.337. The molecule has 121 heavy (non-hydrogen) atoms. The number of benzene rings is 7. The Bertz CT molecular complexity index is 4710. The van der Waals surface area contributed by atoms with Gasteiger partial charge in [-0.1, -0.05) is 233 Å². The average Bonchev–Trinajstić information content (AvgIpc) is 0.833. The van der Waals surface area contributed by atoms with Gasteiger partial charge in [0.1, 0.15) is 11.5 Å². The van der Waals surface area contributed by atoms with Crippen molar-refractivity contribution in [2.24, 2.45) is 0 Å². The fourth-order valence-corrected chi connectivity index (χ4v) is 11.6. The van der Waals surface area contributed by atoms with Crippen molar-refractivity contribution in [3.8, 4) is 125 Å². The van der Waals surface area contributed by atoms with E-state index < -0.39 is 0 Å². The molecule has 5 radical (unpaired) electrons. The minimum absolute atomic E-state index is 0. The van der Waals surface area contributed by atoms with Crippen LogP contribution >= 0.6 is 0 Å². The second-order valence-electron chi connectivity index (χ2n) is 29.6. The molecule has 0 saturated heterocycles. The number of unbranched alkanes of at least 4 members (excludes halogenated alkanes) is 10. The third kappa shape index (κ3) is 40.1. The summed E-state index contributed by atoms with van der Waals surface area (Å²) in [6.45, 7) is 31.2. The maximum absolute atomic E-state index is 6.16. The zero-order chi connectivity index (χ0) is 82.6. The molecule has 645 valence electrons. The van der Waals surface area contributed by atoms with Crippen molar-refractivity contribution in [1.82, 2.24) is 24.9 Å². The summed E-state index contributed by atoms with van der Waals surface area (Å²) in [6.07, 6.45) is 24.2. The first-order valence-corrected chi connectivity index (χ1v) is 40.8. The molecule has 0 aliphatic heterocycles. The minimum Gasteiger partial charge on any atom is -0.537 e. The molecule has 0 bridgehead atoms. The summed E-state index contributed by atoms with van der Waals surface area (Å²) in [4.78, 5) is 22.0. The van der Waals surface area contributed by atoms with Crippen LogP contribution in [0.3, 0.4) is 0 Å². The predicted molar refractivity (Wildman–Crippen MR) is 468 cm³/mol. The van der Waals surface area contributed by atoms with Crippen LogP contribution in [-0.4, -0.2) is 74.8 Å². The number of nitrogens with zero attached hydrogens (tertiary/aromatic N) is 5. The van der Waals surface area contributed by atoms with Crippen molar-refractivity contribution in [3.63, 3.8) is 0 Å². The van der Waals surface area contributed by atoms with Crippen molar-refractivity contribution in [3.05, 3.63) is 274 Å². The second-order valence-corrected chi connectivity index (χ2v) is 29.6. The summed E-state index contributed by atoms with van der Waals surface area (Å²) in [5.41, 5.74) is 7.91. The normalized spacial score (nSPS) is 10.4. The average molecular weight is 2510 g/mol.